The fraction of sp³-hybridized carbons (Fsp3) is 0.154. The van der Waals surface area contributed by atoms with Gasteiger partial charge in [-0.15, -0.1) is 0 Å². The third kappa shape index (κ3) is 5.40. The number of rotatable bonds is 7. The molecule has 1 aromatic heterocycles. The molecule has 2 amide bonds. The highest BCUT2D eigenvalue weighted by Crippen LogP contribution is 2.37. The van der Waals surface area contributed by atoms with E-state index in [1.54, 1.807) is 50.7 Å². The van der Waals surface area contributed by atoms with Crippen LogP contribution in [0.2, 0.25) is 0 Å². The lowest BCUT2D eigenvalue weighted by Crippen LogP contribution is -2.31. The summed E-state index contributed by atoms with van der Waals surface area (Å²) < 4.78 is 17.8. The van der Waals surface area contributed by atoms with E-state index in [1.165, 1.54) is 0 Å². The Morgan fingerprint density at radius 3 is 2.26 bits per heavy atom. The Bertz CT molecular complexity index is 1290. The van der Waals surface area contributed by atoms with E-state index in [0.717, 1.165) is 20.9 Å². The molecule has 7 nitrogen and oxygen atoms in total. The molecule has 0 saturated heterocycles. The normalized spacial score (nSPS) is 11.5. The van der Waals surface area contributed by atoms with Gasteiger partial charge in [0, 0.05) is 27.8 Å². The molecule has 1 heterocycles. The van der Waals surface area contributed by atoms with Crippen LogP contribution in [0.5, 0.6) is 23.0 Å². The molecule has 1 atom stereocenters. The lowest BCUT2D eigenvalue weighted by Gasteiger charge is -2.15. The maximum Gasteiger partial charge on any atom is 0.319 e. The number of ether oxygens (including phenoxy) is 3. The summed E-state index contributed by atoms with van der Waals surface area (Å²) in [6.07, 6.45) is 1.68. The van der Waals surface area contributed by atoms with E-state index in [1.807, 2.05) is 43.3 Å². The van der Waals surface area contributed by atoms with Gasteiger partial charge in [0.25, 0.3) is 0 Å². The zero-order valence-electron chi connectivity index (χ0n) is 19.0. The SMILES string of the molecule is COc1cc2nccc(Oc3ccc(NC(=O)NC(C)c4ccc(Br)cc4)cc3)c2cc1OC. The second kappa shape index (κ2) is 10.4. The van der Waals surface area contributed by atoms with Gasteiger partial charge in [-0.2, -0.15) is 0 Å². The molecule has 0 aliphatic rings. The number of nitrogens with one attached hydrogen (secondary N) is 2. The molecule has 0 bridgehead atoms. The summed E-state index contributed by atoms with van der Waals surface area (Å²) in [5.41, 5.74) is 2.39. The molecule has 0 aliphatic heterocycles. The molecular formula is C26H24BrN3O4. The Balaban J connectivity index is 1.43. The first-order valence-electron chi connectivity index (χ1n) is 10.6. The number of pyridine rings is 1. The van der Waals surface area contributed by atoms with Crippen molar-refractivity contribution in [2.45, 2.75) is 13.0 Å². The van der Waals surface area contributed by atoms with Gasteiger partial charge in [0.05, 0.1) is 25.8 Å². The Morgan fingerprint density at radius 2 is 1.59 bits per heavy atom. The first kappa shape index (κ1) is 23.4. The molecule has 0 saturated carbocycles. The van der Waals surface area contributed by atoms with Crippen LogP contribution in [-0.2, 0) is 0 Å². The predicted octanol–water partition coefficient (Wildman–Crippen LogP) is 6.69. The highest BCUT2D eigenvalue weighted by Gasteiger charge is 2.12. The van der Waals surface area contributed by atoms with E-state index in [-0.39, 0.29) is 12.1 Å². The van der Waals surface area contributed by atoms with Crippen molar-refractivity contribution >= 4 is 38.6 Å². The third-order valence-corrected chi connectivity index (χ3v) is 5.79. The van der Waals surface area contributed by atoms with Crippen molar-refractivity contribution in [3.63, 3.8) is 0 Å². The van der Waals surface area contributed by atoms with Crippen molar-refractivity contribution in [1.29, 1.82) is 0 Å². The van der Waals surface area contributed by atoms with Crippen LogP contribution in [-0.4, -0.2) is 25.2 Å². The summed E-state index contributed by atoms with van der Waals surface area (Å²) >= 11 is 3.42. The molecule has 174 valence electrons. The van der Waals surface area contributed by atoms with Crippen LogP contribution in [0.4, 0.5) is 10.5 Å². The number of fused-ring (bicyclic) bond motifs is 1. The summed E-state index contributed by atoms with van der Waals surface area (Å²) in [5, 5.41) is 6.58. The van der Waals surface area contributed by atoms with Crippen LogP contribution in [0.1, 0.15) is 18.5 Å². The smallest absolute Gasteiger partial charge is 0.319 e. The monoisotopic (exact) mass is 521 g/mol. The minimum absolute atomic E-state index is 0.133. The van der Waals surface area contributed by atoms with E-state index in [9.17, 15) is 4.79 Å². The van der Waals surface area contributed by atoms with Crippen molar-refractivity contribution < 1.29 is 19.0 Å². The lowest BCUT2D eigenvalue weighted by molar-refractivity contribution is 0.249. The number of amides is 2. The third-order valence-electron chi connectivity index (χ3n) is 5.26. The highest BCUT2D eigenvalue weighted by atomic mass is 79.9. The zero-order chi connectivity index (χ0) is 24.1. The number of hydrogen-bond donors (Lipinski definition) is 2. The molecule has 0 radical (unpaired) electrons. The summed E-state index contributed by atoms with van der Waals surface area (Å²) in [6.45, 7) is 1.93. The number of urea groups is 1. The van der Waals surface area contributed by atoms with Crippen molar-refractivity contribution in [3.8, 4) is 23.0 Å². The van der Waals surface area contributed by atoms with Gasteiger partial charge < -0.3 is 24.8 Å². The van der Waals surface area contributed by atoms with E-state index in [4.69, 9.17) is 14.2 Å². The average Bonchev–Trinajstić information content (AvgIpc) is 2.84. The average molecular weight is 522 g/mol. The maximum absolute atomic E-state index is 12.4. The van der Waals surface area contributed by atoms with Crippen molar-refractivity contribution in [2.24, 2.45) is 0 Å². The number of nitrogens with zero attached hydrogens (tertiary/aromatic N) is 1. The molecule has 0 spiro atoms. The number of carbonyl (C=O) groups excluding carboxylic acids is 1. The fourth-order valence-electron chi connectivity index (χ4n) is 3.47. The summed E-state index contributed by atoms with van der Waals surface area (Å²) in [5.74, 6) is 2.45. The standard InChI is InChI=1S/C26H24BrN3O4/c1-16(17-4-6-18(27)7-5-17)29-26(31)30-19-8-10-20(11-9-19)34-23-12-13-28-22-15-25(33-3)24(32-2)14-21(22)23/h4-16H,1-3H3,(H2,29,30,31). The molecule has 2 N–H and O–H groups in total. The molecule has 1 unspecified atom stereocenters. The first-order chi connectivity index (χ1) is 16.5. The van der Waals surface area contributed by atoms with Gasteiger partial charge in [-0.05, 0) is 61.0 Å². The fourth-order valence-corrected chi connectivity index (χ4v) is 3.73. The number of hydrogen-bond acceptors (Lipinski definition) is 5. The second-order valence-corrected chi connectivity index (χ2v) is 8.45. The molecule has 4 rings (SSSR count). The molecule has 8 heteroatoms. The van der Waals surface area contributed by atoms with Crippen LogP contribution in [0.25, 0.3) is 10.9 Å². The van der Waals surface area contributed by atoms with E-state index in [2.05, 4.69) is 31.5 Å². The van der Waals surface area contributed by atoms with Crippen LogP contribution in [0.3, 0.4) is 0 Å². The van der Waals surface area contributed by atoms with E-state index >= 15 is 0 Å². The highest BCUT2D eigenvalue weighted by molar-refractivity contribution is 9.10. The number of benzene rings is 3. The van der Waals surface area contributed by atoms with Gasteiger partial charge in [-0.25, -0.2) is 4.79 Å². The van der Waals surface area contributed by atoms with Gasteiger partial charge in [-0.1, -0.05) is 28.1 Å². The molecule has 34 heavy (non-hydrogen) atoms. The molecule has 4 aromatic rings. The zero-order valence-corrected chi connectivity index (χ0v) is 20.5. The number of halogens is 1. The Labute approximate surface area is 206 Å². The molecule has 0 aliphatic carbocycles. The Hall–Kier alpha value is -3.78. The quantitative estimate of drug-likeness (QED) is 0.283. The minimum atomic E-state index is -0.287. The van der Waals surface area contributed by atoms with Crippen molar-refractivity contribution in [1.82, 2.24) is 10.3 Å². The first-order valence-corrected chi connectivity index (χ1v) is 11.4. The van der Waals surface area contributed by atoms with Crippen molar-refractivity contribution in [2.75, 3.05) is 19.5 Å². The number of carbonyl (C=O) groups is 1. The van der Waals surface area contributed by atoms with Gasteiger partial charge in [0.15, 0.2) is 11.5 Å². The summed E-state index contributed by atoms with van der Waals surface area (Å²) in [4.78, 5) is 16.8. The molecule has 0 fully saturated rings. The van der Waals surface area contributed by atoms with Gasteiger partial charge >= 0.3 is 6.03 Å². The van der Waals surface area contributed by atoms with Crippen LogP contribution >= 0.6 is 15.9 Å². The lowest BCUT2D eigenvalue weighted by atomic mass is 10.1. The van der Waals surface area contributed by atoms with Gasteiger partial charge in [0.2, 0.25) is 0 Å². The predicted molar refractivity (Wildman–Crippen MR) is 136 cm³/mol. The Morgan fingerprint density at radius 1 is 0.912 bits per heavy atom. The maximum atomic E-state index is 12.4. The number of aromatic nitrogens is 1. The topological polar surface area (TPSA) is 81.7 Å². The summed E-state index contributed by atoms with van der Waals surface area (Å²) in [6, 6.07) is 20.0. The van der Waals surface area contributed by atoms with E-state index in [0.29, 0.717) is 28.7 Å². The molecule has 3 aromatic carbocycles. The van der Waals surface area contributed by atoms with Crippen LogP contribution in [0.15, 0.2) is 77.4 Å². The van der Waals surface area contributed by atoms with Gasteiger partial charge in [0.1, 0.15) is 11.5 Å². The van der Waals surface area contributed by atoms with Crippen LogP contribution in [0, 0.1) is 0 Å². The van der Waals surface area contributed by atoms with Gasteiger partial charge in [-0.3, -0.25) is 4.98 Å². The largest absolute Gasteiger partial charge is 0.493 e. The Kier molecular flexibility index (Phi) is 7.18. The second-order valence-electron chi connectivity index (χ2n) is 7.53. The molecular weight excluding hydrogens is 498 g/mol. The number of anilines is 1. The number of methoxy groups -OCH3 is 2. The van der Waals surface area contributed by atoms with Crippen LogP contribution < -0.4 is 24.8 Å². The minimum Gasteiger partial charge on any atom is -0.493 e. The van der Waals surface area contributed by atoms with E-state index < -0.39 is 0 Å². The van der Waals surface area contributed by atoms with Crippen molar-refractivity contribution in [3.05, 3.63) is 83.0 Å². The summed E-state index contributed by atoms with van der Waals surface area (Å²) in [7, 11) is 3.17.